The molecule has 2 aliphatic heterocycles. The molecule has 1 aromatic heterocycles. The van der Waals surface area contributed by atoms with E-state index in [2.05, 4.69) is 15.2 Å². The van der Waals surface area contributed by atoms with Gasteiger partial charge in [0.05, 0.1) is 13.2 Å². The number of hydrogen-bond donors (Lipinski definition) is 1. The van der Waals surface area contributed by atoms with Crippen molar-refractivity contribution in [1.82, 2.24) is 15.2 Å². The van der Waals surface area contributed by atoms with Crippen molar-refractivity contribution in [1.29, 1.82) is 0 Å². The van der Waals surface area contributed by atoms with E-state index in [0.717, 1.165) is 62.3 Å². The van der Waals surface area contributed by atoms with Crippen molar-refractivity contribution in [3.05, 3.63) is 23.9 Å². The molecule has 0 unspecified atom stereocenters. The summed E-state index contributed by atoms with van der Waals surface area (Å²) in [4.78, 5) is 20.8. The number of thioether (sulfide) groups is 1. The molecule has 6 nitrogen and oxygen atoms in total. The van der Waals surface area contributed by atoms with Crippen LogP contribution in [0.2, 0.25) is 0 Å². The number of aromatic nitrogens is 1. The third kappa shape index (κ3) is 3.84. The lowest BCUT2D eigenvalue weighted by atomic mass is 10.2. The number of nitrogens with zero attached hydrogens (tertiary/aromatic N) is 3. The van der Waals surface area contributed by atoms with Gasteiger partial charge in [-0.1, -0.05) is 6.07 Å². The van der Waals surface area contributed by atoms with Gasteiger partial charge in [0, 0.05) is 56.0 Å². The van der Waals surface area contributed by atoms with E-state index in [1.807, 2.05) is 28.8 Å². The average molecular weight is 322 g/mol. The lowest BCUT2D eigenvalue weighted by molar-refractivity contribution is 0.122. The second-order valence-electron chi connectivity index (χ2n) is 5.34. The number of carbonyl (C=O) groups excluding carboxylic acids is 1. The molecule has 0 atom stereocenters. The van der Waals surface area contributed by atoms with Gasteiger partial charge in [0.15, 0.2) is 0 Å². The van der Waals surface area contributed by atoms with Crippen LogP contribution in [-0.4, -0.2) is 66.8 Å². The fourth-order valence-corrected chi connectivity index (χ4v) is 3.58. The molecule has 0 spiro atoms. The van der Waals surface area contributed by atoms with Crippen LogP contribution in [0.3, 0.4) is 0 Å². The van der Waals surface area contributed by atoms with Crippen LogP contribution in [-0.2, 0) is 11.3 Å². The minimum atomic E-state index is 0.0251. The Bertz CT molecular complexity index is 502. The summed E-state index contributed by atoms with van der Waals surface area (Å²) in [5.41, 5.74) is 1.06. The molecule has 2 fully saturated rings. The van der Waals surface area contributed by atoms with E-state index in [-0.39, 0.29) is 6.03 Å². The molecule has 2 aliphatic rings. The zero-order chi connectivity index (χ0) is 15.2. The molecular formula is C15H22N4O2S. The summed E-state index contributed by atoms with van der Waals surface area (Å²) >= 11 is 1.90. The molecule has 1 N–H and O–H groups in total. The van der Waals surface area contributed by atoms with E-state index >= 15 is 0 Å². The molecular weight excluding hydrogens is 300 g/mol. The molecule has 1 aromatic rings. The first kappa shape index (κ1) is 15.4. The maximum atomic E-state index is 12.2. The number of hydrogen-bond acceptors (Lipinski definition) is 5. The number of urea groups is 1. The zero-order valence-electron chi connectivity index (χ0n) is 12.7. The van der Waals surface area contributed by atoms with E-state index < -0.39 is 0 Å². The molecule has 0 aromatic carbocycles. The Hall–Kier alpha value is -1.47. The highest BCUT2D eigenvalue weighted by molar-refractivity contribution is 7.99. The maximum absolute atomic E-state index is 12.2. The number of pyridine rings is 1. The van der Waals surface area contributed by atoms with Gasteiger partial charge in [0.25, 0.3) is 0 Å². The van der Waals surface area contributed by atoms with E-state index in [1.54, 1.807) is 6.20 Å². The number of nitrogens with one attached hydrogen (secondary N) is 1. The zero-order valence-corrected chi connectivity index (χ0v) is 13.5. The number of carbonyl (C=O) groups is 1. The Labute approximate surface area is 135 Å². The van der Waals surface area contributed by atoms with Gasteiger partial charge in [-0.05, 0) is 6.07 Å². The summed E-state index contributed by atoms with van der Waals surface area (Å²) in [6.45, 7) is 5.34. The van der Waals surface area contributed by atoms with Crippen LogP contribution in [0.1, 0.15) is 5.56 Å². The summed E-state index contributed by atoms with van der Waals surface area (Å²) in [5, 5.41) is 3.03. The monoisotopic (exact) mass is 322 g/mol. The Kier molecular flexibility index (Phi) is 5.39. The van der Waals surface area contributed by atoms with Crippen molar-refractivity contribution in [2.24, 2.45) is 0 Å². The number of anilines is 1. The van der Waals surface area contributed by atoms with Crippen molar-refractivity contribution >= 4 is 23.6 Å². The largest absolute Gasteiger partial charge is 0.378 e. The summed E-state index contributed by atoms with van der Waals surface area (Å²) in [6, 6.07) is 3.98. The van der Waals surface area contributed by atoms with Crippen molar-refractivity contribution in [2.75, 3.05) is 55.8 Å². The maximum Gasteiger partial charge on any atom is 0.317 e. The van der Waals surface area contributed by atoms with Crippen molar-refractivity contribution in [2.45, 2.75) is 6.54 Å². The standard InChI is InChI=1S/C15H22N4O2S/c20-15(19-6-10-22-11-7-19)17-12-13-2-1-3-16-14(13)18-4-8-21-9-5-18/h1-3H,4-12H2,(H,17,20). The molecule has 0 aliphatic carbocycles. The normalized spacial score (nSPS) is 19.1. The molecule has 0 bridgehead atoms. The predicted octanol–water partition coefficient (Wildman–Crippen LogP) is 1.18. The second-order valence-corrected chi connectivity index (χ2v) is 6.57. The summed E-state index contributed by atoms with van der Waals surface area (Å²) in [6.07, 6.45) is 1.80. The fourth-order valence-electron chi connectivity index (χ4n) is 2.68. The number of morpholine rings is 1. The van der Waals surface area contributed by atoms with Crippen LogP contribution < -0.4 is 10.2 Å². The van der Waals surface area contributed by atoms with Gasteiger partial charge in [0.2, 0.25) is 0 Å². The van der Waals surface area contributed by atoms with Gasteiger partial charge < -0.3 is 19.9 Å². The molecule has 3 rings (SSSR count). The molecule has 22 heavy (non-hydrogen) atoms. The van der Waals surface area contributed by atoms with Crippen LogP contribution in [0, 0.1) is 0 Å². The summed E-state index contributed by atoms with van der Waals surface area (Å²) in [7, 11) is 0. The van der Waals surface area contributed by atoms with Gasteiger partial charge in [-0.3, -0.25) is 0 Å². The van der Waals surface area contributed by atoms with Gasteiger partial charge >= 0.3 is 6.03 Å². The quantitative estimate of drug-likeness (QED) is 0.905. The highest BCUT2D eigenvalue weighted by atomic mass is 32.2. The number of amides is 2. The van der Waals surface area contributed by atoms with E-state index in [1.165, 1.54) is 0 Å². The average Bonchev–Trinajstić information content (AvgIpc) is 2.61. The smallest absolute Gasteiger partial charge is 0.317 e. The van der Waals surface area contributed by atoms with Crippen LogP contribution in [0.5, 0.6) is 0 Å². The van der Waals surface area contributed by atoms with Crippen LogP contribution in [0.15, 0.2) is 18.3 Å². The van der Waals surface area contributed by atoms with Gasteiger partial charge in [-0.2, -0.15) is 11.8 Å². The molecule has 2 amide bonds. The third-order valence-corrected chi connectivity index (χ3v) is 4.85. The van der Waals surface area contributed by atoms with Crippen molar-refractivity contribution in [3.63, 3.8) is 0 Å². The Morgan fingerprint density at radius 1 is 1.27 bits per heavy atom. The minimum absolute atomic E-state index is 0.0251. The van der Waals surface area contributed by atoms with E-state index in [0.29, 0.717) is 6.54 Å². The number of rotatable bonds is 3. The molecule has 2 saturated heterocycles. The third-order valence-electron chi connectivity index (χ3n) is 3.91. The van der Waals surface area contributed by atoms with Crippen LogP contribution >= 0.6 is 11.8 Å². The molecule has 7 heteroatoms. The number of ether oxygens (including phenoxy) is 1. The first-order chi connectivity index (χ1) is 10.8. The van der Waals surface area contributed by atoms with Crippen LogP contribution in [0.4, 0.5) is 10.6 Å². The summed E-state index contributed by atoms with van der Waals surface area (Å²) < 4.78 is 5.39. The van der Waals surface area contributed by atoms with E-state index in [4.69, 9.17) is 4.74 Å². The van der Waals surface area contributed by atoms with Crippen LogP contribution in [0.25, 0.3) is 0 Å². The highest BCUT2D eigenvalue weighted by Gasteiger charge is 2.19. The van der Waals surface area contributed by atoms with Crippen molar-refractivity contribution in [3.8, 4) is 0 Å². The molecule has 0 saturated carbocycles. The van der Waals surface area contributed by atoms with Gasteiger partial charge in [0.1, 0.15) is 5.82 Å². The minimum Gasteiger partial charge on any atom is -0.378 e. The van der Waals surface area contributed by atoms with Gasteiger partial charge in [-0.25, -0.2) is 9.78 Å². The second kappa shape index (κ2) is 7.69. The first-order valence-electron chi connectivity index (χ1n) is 7.72. The molecule has 120 valence electrons. The molecule has 3 heterocycles. The Balaban J connectivity index is 1.60. The Morgan fingerprint density at radius 3 is 2.82 bits per heavy atom. The topological polar surface area (TPSA) is 57.7 Å². The Morgan fingerprint density at radius 2 is 2.05 bits per heavy atom. The predicted molar refractivity (Wildman–Crippen MR) is 88.4 cm³/mol. The highest BCUT2D eigenvalue weighted by Crippen LogP contribution is 2.18. The fraction of sp³-hybridized carbons (Fsp3) is 0.600. The lowest BCUT2D eigenvalue weighted by Gasteiger charge is -2.30. The SMILES string of the molecule is O=C(NCc1cccnc1N1CCOCC1)N1CCSCC1. The van der Waals surface area contributed by atoms with Gasteiger partial charge in [-0.15, -0.1) is 0 Å². The summed E-state index contributed by atoms with van der Waals surface area (Å²) in [5.74, 6) is 3.01. The van der Waals surface area contributed by atoms with E-state index in [9.17, 15) is 4.79 Å². The lowest BCUT2D eigenvalue weighted by Crippen LogP contribution is -2.44. The first-order valence-corrected chi connectivity index (χ1v) is 8.87. The van der Waals surface area contributed by atoms with Crippen molar-refractivity contribution < 1.29 is 9.53 Å². The molecule has 0 radical (unpaired) electrons.